The Morgan fingerprint density at radius 3 is 2.67 bits per heavy atom. The fourth-order valence-corrected chi connectivity index (χ4v) is 2.41. The average molecular weight is 284 g/mol. The molecular formula is C16H12O5. The van der Waals surface area contributed by atoms with E-state index in [0.717, 1.165) is 0 Å². The zero-order valence-corrected chi connectivity index (χ0v) is 11.3. The standard InChI is InChI=1S/C16H12O5/c1-9-11(8-13(17)18)7-10-4-6-21-16(10)14(9)15(19)12-3-2-5-20-12/h2-7H,8H2,1H3,(H,17,18). The summed E-state index contributed by atoms with van der Waals surface area (Å²) < 4.78 is 10.5. The van der Waals surface area contributed by atoms with Crippen LogP contribution >= 0.6 is 0 Å². The van der Waals surface area contributed by atoms with Crippen molar-refractivity contribution in [2.24, 2.45) is 0 Å². The number of furan rings is 2. The fraction of sp³-hybridized carbons (Fsp3) is 0.125. The van der Waals surface area contributed by atoms with Crippen LogP contribution in [-0.4, -0.2) is 16.9 Å². The highest BCUT2D eigenvalue weighted by Crippen LogP contribution is 2.29. The van der Waals surface area contributed by atoms with Crippen molar-refractivity contribution >= 4 is 22.7 Å². The van der Waals surface area contributed by atoms with Crippen LogP contribution < -0.4 is 0 Å². The van der Waals surface area contributed by atoms with Crippen LogP contribution in [0.25, 0.3) is 11.0 Å². The third kappa shape index (κ3) is 2.23. The quantitative estimate of drug-likeness (QED) is 0.744. The highest BCUT2D eigenvalue weighted by Gasteiger charge is 2.22. The lowest BCUT2D eigenvalue weighted by molar-refractivity contribution is -0.136. The van der Waals surface area contributed by atoms with Crippen molar-refractivity contribution in [1.29, 1.82) is 0 Å². The summed E-state index contributed by atoms with van der Waals surface area (Å²) in [6.45, 7) is 1.72. The van der Waals surface area contributed by atoms with E-state index in [1.54, 1.807) is 31.2 Å². The third-order valence-corrected chi connectivity index (χ3v) is 3.42. The van der Waals surface area contributed by atoms with E-state index in [1.807, 2.05) is 0 Å². The SMILES string of the molecule is Cc1c(CC(=O)O)cc2ccoc2c1C(=O)c1ccco1. The van der Waals surface area contributed by atoms with Gasteiger partial charge in [-0.3, -0.25) is 9.59 Å². The number of ketones is 1. The first-order valence-corrected chi connectivity index (χ1v) is 6.37. The number of aliphatic carboxylic acids is 1. The van der Waals surface area contributed by atoms with Gasteiger partial charge < -0.3 is 13.9 Å². The minimum atomic E-state index is -0.947. The molecule has 0 bridgehead atoms. The summed E-state index contributed by atoms with van der Waals surface area (Å²) in [5, 5.41) is 9.70. The van der Waals surface area contributed by atoms with Gasteiger partial charge in [-0.25, -0.2) is 0 Å². The lowest BCUT2D eigenvalue weighted by Crippen LogP contribution is -2.08. The Hall–Kier alpha value is -2.82. The fourth-order valence-electron chi connectivity index (χ4n) is 2.41. The second kappa shape index (κ2) is 4.94. The molecule has 3 rings (SSSR count). The van der Waals surface area contributed by atoms with Gasteiger partial charge in [0.2, 0.25) is 5.78 Å². The normalized spacial score (nSPS) is 10.9. The van der Waals surface area contributed by atoms with Crippen molar-refractivity contribution < 1.29 is 23.5 Å². The van der Waals surface area contributed by atoms with Gasteiger partial charge in [-0.05, 0) is 42.3 Å². The number of hydrogen-bond donors (Lipinski definition) is 1. The molecule has 0 unspecified atom stereocenters. The van der Waals surface area contributed by atoms with Crippen LogP contribution in [0.1, 0.15) is 27.2 Å². The zero-order valence-electron chi connectivity index (χ0n) is 11.3. The number of carboxylic acids is 1. The molecule has 5 nitrogen and oxygen atoms in total. The monoisotopic (exact) mass is 284 g/mol. The first-order valence-electron chi connectivity index (χ1n) is 6.37. The molecular weight excluding hydrogens is 272 g/mol. The molecule has 5 heteroatoms. The first-order chi connectivity index (χ1) is 10.1. The molecule has 0 aliphatic rings. The molecule has 0 saturated carbocycles. The Morgan fingerprint density at radius 2 is 2.00 bits per heavy atom. The predicted octanol–water partition coefficient (Wildman–Crippen LogP) is 3.19. The summed E-state index contributed by atoms with van der Waals surface area (Å²) in [5.41, 5.74) is 1.99. The van der Waals surface area contributed by atoms with Crippen LogP contribution in [-0.2, 0) is 11.2 Å². The van der Waals surface area contributed by atoms with Crippen molar-refractivity contribution in [2.75, 3.05) is 0 Å². The highest BCUT2D eigenvalue weighted by molar-refractivity contribution is 6.15. The number of benzene rings is 1. The van der Waals surface area contributed by atoms with Crippen molar-refractivity contribution in [3.8, 4) is 0 Å². The second-order valence-electron chi connectivity index (χ2n) is 4.75. The molecule has 0 saturated heterocycles. The van der Waals surface area contributed by atoms with Crippen molar-refractivity contribution in [3.63, 3.8) is 0 Å². The van der Waals surface area contributed by atoms with Crippen molar-refractivity contribution in [1.82, 2.24) is 0 Å². The van der Waals surface area contributed by atoms with Crippen molar-refractivity contribution in [3.05, 3.63) is 59.2 Å². The van der Waals surface area contributed by atoms with Crippen LogP contribution in [0.5, 0.6) is 0 Å². The molecule has 0 aliphatic heterocycles. The lowest BCUT2D eigenvalue weighted by atomic mass is 9.94. The van der Waals surface area contributed by atoms with E-state index in [9.17, 15) is 9.59 Å². The van der Waals surface area contributed by atoms with Crippen LogP contribution in [0.4, 0.5) is 0 Å². The Balaban J connectivity index is 2.24. The van der Waals surface area contributed by atoms with Crippen LogP contribution in [0.2, 0.25) is 0 Å². The molecule has 0 amide bonds. The minimum Gasteiger partial charge on any atom is -0.481 e. The predicted molar refractivity (Wildman–Crippen MR) is 74.4 cm³/mol. The summed E-state index contributed by atoms with van der Waals surface area (Å²) in [7, 11) is 0. The molecule has 0 aliphatic carbocycles. The van der Waals surface area contributed by atoms with Crippen LogP contribution in [0, 0.1) is 6.92 Å². The summed E-state index contributed by atoms with van der Waals surface area (Å²) in [6.07, 6.45) is 2.75. The van der Waals surface area contributed by atoms with Gasteiger partial charge in [0.1, 0.15) is 5.58 Å². The van der Waals surface area contributed by atoms with Gasteiger partial charge in [0.25, 0.3) is 0 Å². The van der Waals surface area contributed by atoms with E-state index in [1.165, 1.54) is 12.5 Å². The van der Waals surface area contributed by atoms with E-state index in [2.05, 4.69) is 0 Å². The number of fused-ring (bicyclic) bond motifs is 1. The average Bonchev–Trinajstić information content (AvgIpc) is 3.08. The van der Waals surface area contributed by atoms with Gasteiger partial charge in [0, 0.05) is 5.39 Å². The van der Waals surface area contributed by atoms with Crippen molar-refractivity contribution in [2.45, 2.75) is 13.3 Å². The van der Waals surface area contributed by atoms with Crippen LogP contribution in [0.15, 0.2) is 45.6 Å². The van der Waals surface area contributed by atoms with E-state index < -0.39 is 5.97 Å². The van der Waals surface area contributed by atoms with Gasteiger partial charge >= 0.3 is 5.97 Å². The Kier molecular flexibility index (Phi) is 3.10. The number of carbonyl (C=O) groups is 2. The molecule has 1 N–H and O–H groups in total. The molecule has 0 atom stereocenters. The molecule has 1 aromatic carbocycles. The molecule has 106 valence electrons. The molecule has 21 heavy (non-hydrogen) atoms. The molecule has 0 spiro atoms. The summed E-state index contributed by atoms with van der Waals surface area (Å²) in [5.74, 6) is -1.06. The lowest BCUT2D eigenvalue weighted by Gasteiger charge is -2.09. The maximum atomic E-state index is 12.6. The largest absolute Gasteiger partial charge is 0.481 e. The molecule has 0 fully saturated rings. The Labute approximate surface area is 119 Å². The Bertz CT molecular complexity index is 824. The van der Waals surface area contributed by atoms with E-state index in [0.29, 0.717) is 27.7 Å². The Morgan fingerprint density at radius 1 is 1.19 bits per heavy atom. The number of hydrogen-bond acceptors (Lipinski definition) is 4. The third-order valence-electron chi connectivity index (χ3n) is 3.42. The van der Waals surface area contributed by atoms with Gasteiger partial charge in [-0.1, -0.05) is 0 Å². The smallest absolute Gasteiger partial charge is 0.307 e. The minimum absolute atomic E-state index is 0.147. The molecule has 0 radical (unpaired) electrons. The van der Waals surface area contributed by atoms with E-state index in [-0.39, 0.29) is 18.0 Å². The maximum Gasteiger partial charge on any atom is 0.307 e. The number of carboxylic acid groups (broad SMARTS) is 1. The van der Waals surface area contributed by atoms with E-state index >= 15 is 0 Å². The molecule has 3 aromatic rings. The van der Waals surface area contributed by atoms with Gasteiger partial charge in [0.15, 0.2) is 5.76 Å². The number of rotatable bonds is 4. The number of carbonyl (C=O) groups excluding carboxylic acids is 1. The van der Waals surface area contributed by atoms with E-state index in [4.69, 9.17) is 13.9 Å². The summed E-state index contributed by atoms with van der Waals surface area (Å²) in [4.78, 5) is 23.6. The highest BCUT2D eigenvalue weighted by atomic mass is 16.4. The van der Waals surface area contributed by atoms with Crippen LogP contribution in [0.3, 0.4) is 0 Å². The topological polar surface area (TPSA) is 80.6 Å². The van der Waals surface area contributed by atoms with Gasteiger partial charge in [0.05, 0.1) is 24.5 Å². The summed E-state index contributed by atoms with van der Waals surface area (Å²) >= 11 is 0. The first kappa shape index (κ1) is 13.2. The molecule has 2 heterocycles. The zero-order chi connectivity index (χ0) is 15.0. The van der Waals surface area contributed by atoms with Gasteiger partial charge in [-0.2, -0.15) is 0 Å². The molecule has 2 aromatic heterocycles. The summed E-state index contributed by atoms with van der Waals surface area (Å²) in [6, 6.07) is 6.64. The van der Waals surface area contributed by atoms with Gasteiger partial charge in [-0.15, -0.1) is 0 Å². The second-order valence-corrected chi connectivity index (χ2v) is 4.75. The maximum absolute atomic E-state index is 12.6.